The lowest BCUT2D eigenvalue weighted by atomic mass is 9.95. The van der Waals surface area contributed by atoms with Crippen molar-refractivity contribution in [2.45, 2.75) is 38.1 Å². The number of hydrogen-bond donors (Lipinski definition) is 2. The van der Waals surface area contributed by atoms with Crippen LogP contribution in [0.15, 0.2) is 17.0 Å². The van der Waals surface area contributed by atoms with Gasteiger partial charge in [0.2, 0.25) is 10.0 Å². The molecule has 1 heterocycles. The highest BCUT2D eigenvalue weighted by molar-refractivity contribution is 7.89. The third kappa shape index (κ3) is 3.39. The van der Waals surface area contributed by atoms with Crippen LogP contribution in [0.25, 0.3) is 0 Å². The monoisotopic (exact) mass is 311 g/mol. The molecule has 0 spiro atoms. The number of hydrogen-bond acceptors (Lipinski definition) is 4. The van der Waals surface area contributed by atoms with Gasteiger partial charge in [-0.25, -0.2) is 13.1 Å². The largest absolute Gasteiger partial charge is 0.397 e. The second-order valence-corrected chi connectivity index (χ2v) is 7.85. The third-order valence-corrected chi connectivity index (χ3v) is 5.99. The minimum absolute atomic E-state index is 0.0366. The van der Waals surface area contributed by atoms with E-state index in [-0.39, 0.29) is 16.9 Å². The molecule has 0 amide bonds. The maximum atomic E-state index is 12.7. The van der Waals surface area contributed by atoms with Gasteiger partial charge in [-0.15, -0.1) is 0 Å². The number of nitrogens with zero attached hydrogens (tertiary/aromatic N) is 1. The van der Waals surface area contributed by atoms with Gasteiger partial charge in [-0.3, -0.25) is 0 Å². The van der Waals surface area contributed by atoms with Crippen molar-refractivity contribution in [1.82, 2.24) is 9.62 Å². The summed E-state index contributed by atoms with van der Waals surface area (Å²) in [4.78, 5) is 2.45. The highest BCUT2D eigenvalue weighted by atomic mass is 32.2. The van der Waals surface area contributed by atoms with Crippen LogP contribution in [0.3, 0.4) is 0 Å². The Labute approximate surface area is 127 Å². The van der Waals surface area contributed by atoms with Crippen LogP contribution in [0, 0.1) is 19.8 Å². The molecule has 5 nitrogen and oxygen atoms in total. The van der Waals surface area contributed by atoms with Crippen molar-refractivity contribution in [3.05, 3.63) is 23.3 Å². The fraction of sp³-hybridized carbons (Fsp3) is 0.600. The van der Waals surface area contributed by atoms with Gasteiger partial charge in [-0.2, -0.15) is 0 Å². The summed E-state index contributed by atoms with van der Waals surface area (Å²) in [6.45, 7) is 7.49. The van der Waals surface area contributed by atoms with Gasteiger partial charge in [0.25, 0.3) is 0 Å². The van der Waals surface area contributed by atoms with Gasteiger partial charge >= 0.3 is 0 Å². The minimum Gasteiger partial charge on any atom is -0.397 e. The second-order valence-electron chi connectivity index (χ2n) is 6.20. The lowest BCUT2D eigenvalue weighted by molar-refractivity contribution is 0.188. The first-order valence-corrected chi connectivity index (χ1v) is 8.77. The Bertz CT molecular complexity index is 628. The van der Waals surface area contributed by atoms with Crippen LogP contribution in [-0.2, 0) is 10.0 Å². The normalized spacial score (nSPS) is 24.2. The molecule has 1 aromatic carbocycles. The number of piperidine rings is 1. The summed E-state index contributed by atoms with van der Waals surface area (Å²) in [6.07, 6.45) is 0.821. The van der Waals surface area contributed by atoms with Gasteiger partial charge in [-0.1, -0.05) is 19.1 Å². The molecule has 6 heteroatoms. The first-order valence-electron chi connectivity index (χ1n) is 7.29. The average molecular weight is 311 g/mol. The highest BCUT2D eigenvalue weighted by Gasteiger charge is 2.30. The van der Waals surface area contributed by atoms with E-state index in [9.17, 15) is 8.42 Å². The Hall–Kier alpha value is -1.11. The van der Waals surface area contributed by atoms with E-state index in [2.05, 4.69) is 23.6 Å². The van der Waals surface area contributed by atoms with Gasteiger partial charge in [-0.05, 0) is 50.9 Å². The summed E-state index contributed by atoms with van der Waals surface area (Å²) >= 11 is 0. The molecule has 2 rings (SSSR count). The Morgan fingerprint density at radius 1 is 1.29 bits per heavy atom. The number of nitrogens with two attached hydrogens (primary N) is 1. The van der Waals surface area contributed by atoms with Gasteiger partial charge in [0.05, 0.1) is 5.69 Å². The Morgan fingerprint density at radius 2 is 1.90 bits per heavy atom. The van der Waals surface area contributed by atoms with Crippen molar-refractivity contribution >= 4 is 15.7 Å². The van der Waals surface area contributed by atoms with E-state index in [0.29, 0.717) is 11.3 Å². The number of nitrogen functional groups attached to an aromatic ring is 1. The number of rotatable bonds is 3. The molecular formula is C15H25N3O2S. The average Bonchev–Trinajstić information content (AvgIpc) is 2.37. The summed E-state index contributed by atoms with van der Waals surface area (Å²) in [5.41, 5.74) is 7.83. The van der Waals surface area contributed by atoms with Crippen molar-refractivity contribution in [1.29, 1.82) is 0 Å². The van der Waals surface area contributed by atoms with E-state index < -0.39 is 10.0 Å². The number of sulfonamides is 1. The Morgan fingerprint density at radius 3 is 2.52 bits per heavy atom. The topological polar surface area (TPSA) is 75.4 Å². The lowest BCUT2D eigenvalue weighted by Crippen LogP contribution is -2.48. The lowest BCUT2D eigenvalue weighted by Gasteiger charge is -2.35. The molecule has 0 radical (unpaired) electrons. The summed E-state index contributed by atoms with van der Waals surface area (Å²) < 4.78 is 28.3. The van der Waals surface area contributed by atoms with Crippen LogP contribution in [0.4, 0.5) is 5.69 Å². The summed E-state index contributed by atoms with van der Waals surface area (Å²) in [6, 6.07) is 3.62. The predicted molar refractivity (Wildman–Crippen MR) is 85.7 cm³/mol. The number of likely N-dealkylation sites (tertiary alicyclic amines) is 1. The van der Waals surface area contributed by atoms with Crippen LogP contribution in [0.2, 0.25) is 0 Å². The Balaban J connectivity index is 2.29. The predicted octanol–water partition coefficient (Wildman–Crippen LogP) is 1.50. The number of aryl methyl sites for hydroxylation is 2. The SMILES string of the molecule is Cc1ccc(C)c(S(=O)(=O)NC2CCN(C)CC2C)c1N. The van der Waals surface area contributed by atoms with E-state index in [1.807, 2.05) is 13.0 Å². The van der Waals surface area contributed by atoms with Crippen LogP contribution < -0.4 is 10.5 Å². The molecule has 3 N–H and O–H groups in total. The molecule has 0 aliphatic carbocycles. The zero-order chi connectivity index (χ0) is 15.8. The standard InChI is InChI=1S/C15H25N3O2S/c1-10-5-6-11(2)15(14(10)16)21(19,20)17-13-7-8-18(4)9-12(13)3/h5-6,12-13,17H,7-9,16H2,1-4H3. The van der Waals surface area contributed by atoms with Crippen molar-refractivity contribution in [2.24, 2.45) is 5.92 Å². The van der Waals surface area contributed by atoms with E-state index >= 15 is 0 Å². The molecule has 0 saturated carbocycles. The molecule has 118 valence electrons. The summed E-state index contributed by atoms with van der Waals surface area (Å²) in [5.74, 6) is 0.282. The fourth-order valence-corrected chi connectivity index (χ4v) is 4.76. The molecule has 2 unspecified atom stereocenters. The van der Waals surface area contributed by atoms with Crippen LogP contribution in [0.5, 0.6) is 0 Å². The number of benzene rings is 1. The van der Waals surface area contributed by atoms with E-state index in [4.69, 9.17) is 5.73 Å². The van der Waals surface area contributed by atoms with E-state index in [1.165, 1.54) is 0 Å². The van der Waals surface area contributed by atoms with Crippen LogP contribution in [-0.4, -0.2) is 39.5 Å². The molecule has 1 aliphatic heterocycles. The van der Waals surface area contributed by atoms with Crippen molar-refractivity contribution in [2.75, 3.05) is 25.9 Å². The molecule has 1 aromatic rings. The van der Waals surface area contributed by atoms with Crippen molar-refractivity contribution in [3.63, 3.8) is 0 Å². The van der Waals surface area contributed by atoms with Gasteiger partial charge in [0, 0.05) is 12.6 Å². The second kappa shape index (κ2) is 5.94. The van der Waals surface area contributed by atoms with Crippen LogP contribution >= 0.6 is 0 Å². The van der Waals surface area contributed by atoms with Gasteiger partial charge in [0.1, 0.15) is 4.90 Å². The molecule has 2 atom stereocenters. The molecule has 0 bridgehead atoms. The first kappa shape index (κ1) is 16.3. The summed E-state index contributed by atoms with van der Waals surface area (Å²) in [5, 5.41) is 0. The zero-order valence-electron chi connectivity index (χ0n) is 13.2. The third-order valence-electron chi connectivity index (χ3n) is 4.29. The quantitative estimate of drug-likeness (QED) is 0.830. The molecule has 1 fully saturated rings. The molecule has 21 heavy (non-hydrogen) atoms. The van der Waals surface area contributed by atoms with Crippen molar-refractivity contribution < 1.29 is 8.42 Å². The maximum absolute atomic E-state index is 12.7. The first-order chi connectivity index (χ1) is 9.72. The van der Waals surface area contributed by atoms with E-state index in [0.717, 1.165) is 25.1 Å². The zero-order valence-corrected chi connectivity index (χ0v) is 14.0. The number of nitrogens with one attached hydrogen (secondary N) is 1. The van der Waals surface area contributed by atoms with Gasteiger partial charge in [0.15, 0.2) is 0 Å². The molecule has 1 aliphatic rings. The molecular weight excluding hydrogens is 286 g/mol. The minimum atomic E-state index is -3.59. The highest BCUT2D eigenvalue weighted by Crippen LogP contribution is 2.27. The Kier molecular flexibility index (Phi) is 4.60. The van der Waals surface area contributed by atoms with E-state index in [1.54, 1.807) is 13.0 Å². The fourth-order valence-electron chi connectivity index (χ4n) is 2.95. The number of anilines is 1. The summed E-state index contributed by atoms with van der Waals surface area (Å²) in [7, 11) is -1.53. The molecule has 0 aromatic heterocycles. The maximum Gasteiger partial charge on any atom is 0.243 e. The van der Waals surface area contributed by atoms with Crippen molar-refractivity contribution in [3.8, 4) is 0 Å². The van der Waals surface area contributed by atoms with Gasteiger partial charge < -0.3 is 10.6 Å². The smallest absolute Gasteiger partial charge is 0.243 e. The molecule has 1 saturated heterocycles. The van der Waals surface area contributed by atoms with Crippen LogP contribution in [0.1, 0.15) is 24.5 Å².